The maximum absolute atomic E-state index is 15.1. The Morgan fingerprint density at radius 3 is 1.87 bits per heavy atom. The molecule has 0 saturated carbocycles. The van der Waals surface area contributed by atoms with Crippen LogP contribution >= 0.6 is 0 Å². The van der Waals surface area contributed by atoms with Gasteiger partial charge in [0.2, 0.25) is 0 Å². The van der Waals surface area contributed by atoms with E-state index in [2.05, 4.69) is 5.32 Å². The molecule has 0 saturated heterocycles. The SMILES string of the molecule is COc1cc(-c2ccc(NC(=O)c3ccc(C)cc3)c(F)c2)c(OC)cc1-c1ccc(OS(C)(=O)=O)cc1. The highest BCUT2D eigenvalue weighted by atomic mass is 32.2. The van der Waals surface area contributed by atoms with E-state index in [1.807, 2.05) is 19.1 Å². The molecule has 7 nitrogen and oxygen atoms in total. The summed E-state index contributed by atoms with van der Waals surface area (Å²) >= 11 is 0. The summed E-state index contributed by atoms with van der Waals surface area (Å²) < 4.78 is 53.9. The summed E-state index contributed by atoms with van der Waals surface area (Å²) in [6.07, 6.45) is 0.973. The number of amides is 1. The Balaban J connectivity index is 1.64. The molecule has 4 rings (SSSR count). The topological polar surface area (TPSA) is 90.9 Å². The average Bonchev–Trinajstić information content (AvgIpc) is 2.89. The molecule has 38 heavy (non-hydrogen) atoms. The Bertz CT molecular complexity index is 1580. The molecule has 9 heteroatoms. The number of halogens is 1. The van der Waals surface area contributed by atoms with E-state index in [1.54, 1.807) is 42.5 Å². The number of hydrogen-bond donors (Lipinski definition) is 1. The van der Waals surface area contributed by atoms with Crippen molar-refractivity contribution in [3.05, 3.63) is 95.8 Å². The molecular formula is C29H26FNO6S. The van der Waals surface area contributed by atoms with E-state index in [0.29, 0.717) is 33.8 Å². The van der Waals surface area contributed by atoms with Crippen LogP contribution in [0.4, 0.5) is 10.1 Å². The minimum atomic E-state index is -3.64. The summed E-state index contributed by atoms with van der Waals surface area (Å²) in [5, 5.41) is 2.61. The van der Waals surface area contributed by atoms with Gasteiger partial charge >= 0.3 is 10.1 Å². The van der Waals surface area contributed by atoms with Crippen molar-refractivity contribution in [3.63, 3.8) is 0 Å². The van der Waals surface area contributed by atoms with Gasteiger partial charge in [-0.2, -0.15) is 8.42 Å². The van der Waals surface area contributed by atoms with Crippen molar-refractivity contribution in [3.8, 4) is 39.5 Å². The second kappa shape index (κ2) is 10.9. The van der Waals surface area contributed by atoms with E-state index >= 15 is 4.39 Å². The van der Waals surface area contributed by atoms with Crippen LogP contribution in [0.15, 0.2) is 78.9 Å². The van der Waals surface area contributed by atoms with Gasteiger partial charge in [0.15, 0.2) is 0 Å². The van der Waals surface area contributed by atoms with Crippen LogP contribution in [-0.2, 0) is 10.1 Å². The lowest BCUT2D eigenvalue weighted by molar-refractivity contribution is 0.102. The number of aryl methyl sites for hydroxylation is 1. The van der Waals surface area contributed by atoms with E-state index in [9.17, 15) is 13.2 Å². The summed E-state index contributed by atoms with van der Waals surface area (Å²) in [5.41, 5.74) is 4.02. The maximum atomic E-state index is 15.1. The van der Waals surface area contributed by atoms with Crippen LogP contribution < -0.4 is 19.0 Å². The van der Waals surface area contributed by atoms with E-state index < -0.39 is 21.8 Å². The van der Waals surface area contributed by atoms with Crippen LogP contribution in [0.2, 0.25) is 0 Å². The minimum absolute atomic E-state index is 0.0540. The molecule has 0 spiro atoms. The highest BCUT2D eigenvalue weighted by Gasteiger charge is 2.17. The molecule has 0 atom stereocenters. The average molecular weight is 536 g/mol. The quantitative estimate of drug-likeness (QED) is 0.275. The molecule has 0 aliphatic heterocycles. The second-order valence-electron chi connectivity index (χ2n) is 8.58. The minimum Gasteiger partial charge on any atom is -0.496 e. The van der Waals surface area contributed by atoms with Crippen molar-refractivity contribution in [2.24, 2.45) is 0 Å². The van der Waals surface area contributed by atoms with Crippen molar-refractivity contribution < 1.29 is 31.3 Å². The summed E-state index contributed by atoms with van der Waals surface area (Å²) in [6.45, 7) is 1.92. The van der Waals surface area contributed by atoms with Crippen LogP contribution in [-0.4, -0.2) is 34.8 Å². The van der Waals surface area contributed by atoms with E-state index in [0.717, 1.165) is 17.4 Å². The zero-order chi connectivity index (χ0) is 27.4. The van der Waals surface area contributed by atoms with Crippen molar-refractivity contribution in [2.45, 2.75) is 6.92 Å². The number of benzene rings is 4. The summed E-state index contributed by atoms with van der Waals surface area (Å²) in [5.74, 6) is 0.134. The van der Waals surface area contributed by atoms with Crippen LogP contribution in [0, 0.1) is 12.7 Å². The third-order valence-corrected chi connectivity index (χ3v) is 6.27. The highest BCUT2D eigenvalue weighted by molar-refractivity contribution is 7.86. The van der Waals surface area contributed by atoms with Gasteiger partial charge < -0.3 is 19.0 Å². The third-order valence-electron chi connectivity index (χ3n) is 5.78. The van der Waals surface area contributed by atoms with Crippen LogP contribution in [0.25, 0.3) is 22.3 Å². The van der Waals surface area contributed by atoms with E-state index in [4.69, 9.17) is 13.7 Å². The number of anilines is 1. The van der Waals surface area contributed by atoms with Gasteiger partial charge in [-0.3, -0.25) is 4.79 Å². The standard InChI is InChI=1S/C29H26FNO6S/c1-18-5-7-20(8-6-18)29(32)31-26-14-11-21(15-25(26)30)24-17-27(35-2)23(16-28(24)36-3)19-9-12-22(13-10-19)37-38(4,33)34/h5-17H,1-4H3,(H,31,32). The molecule has 0 radical (unpaired) electrons. The molecule has 4 aromatic carbocycles. The number of carbonyl (C=O) groups is 1. The lowest BCUT2D eigenvalue weighted by Gasteiger charge is -2.16. The number of methoxy groups -OCH3 is 2. The molecule has 196 valence electrons. The van der Waals surface area contributed by atoms with Gasteiger partial charge in [-0.05, 0) is 66.6 Å². The smallest absolute Gasteiger partial charge is 0.306 e. The van der Waals surface area contributed by atoms with Crippen molar-refractivity contribution >= 4 is 21.7 Å². The fourth-order valence-electron chi connectivity index (χ4n) is 3.90. The third kappa shape index (κ3) is 6.12. The lowest BCUT2D eigenvalue weighted by Crippen LogP contribution is -2.13. The normalized spacial score (nSPS) is 11.1. The summed E-state index contributed by atoms with van der Waals surface area (Å²) in [4.78, 5) is 12.5. The molecule has 0 aliphatic carbocycles. The first-order valence-corrected chi connectivity index (χ1v) is 13.3. The van der Waals surface area contributed by atoms with Gasteiger partial charge in [0.1, 0.15) is 23.1 Å². The first-order chi connectivity index (χ1) is 18.1. The Labute approximate surface area is 220 Å². The lowest BCUT2D eigenvalue weighted by atomic mass is 9.97. The molecule has 1 amide bonds. The maximum Gasteiger partial charge on any atom is 0.306 e. The van der Waals surface area contributed by atoms with Crippen LogP contribution in [0.1, 0.15) is 15.9 Å². The molecule has 4 aromatic rings. The molecule has 0 bridgehead atoms. The summed E-state index contributed by atoms with van der Waals surface area (Å²) in [6, 6.07) is 21.4. The second-order valence-corrected chi connectivity index (χ2v) is 10.2. The van der Waals surface area contributed by atoms with Crippen LogP contribution in [0.5, 0.6) is 17.2 Å². The zero-order valence-electron chi connectivity index (χ0n) is 21.2. The number of ether oxygens (including phenoxy) is 2. The largest absolute Gasteiger partial charge is 0.496 e. The predicted molar refractivity (Wildman–Crippen MR) is 145 cm³/mol. The van der Waals surface area contributed by atoms with Gasteiger partial charge in [-0.1, -0.05) is 35.9 Å². The molecule has 0 aliphatic rings. The van der Waals surface area contributed by atoms with Gasteiger partial charge in [0.05, 0.1) is 26.2 Å². The van der Waals surface area contributed by atoms with Gasteiger partial charge in [-0.25, -0.2) is 4.39 Å². The molecule has 0 aromatic heterocycles. The molecule has 1 N–H and O–H groups in total. The van der Waals surface area contributed by atoms with Crippen molar-refractivity contribution in [1.82, 2.24) is 0 Å². The Hall–Kier alpha value is -4.37. The number of nitrogens with one attached hydrogen (secondary N) is 1. The van der Waals surface area contributed by atoms with Gasteiger partial charge in [0.25, 0.3) is 5.91 Å². The predicted octanol–water partition coefficient (Wildman–Crippen LogP) is 6.08. The van der Waals surface area contributed by atoms with E-state index in [-0.39, 0.29) is 11.4 Å². The van der Waals surface area contributed by atoms with Crippen molar-refractivity contribution in [1.29, 1.82) is 0 Å². The molecular weight excluding hydrogens is 509 g/mol. The molecule has 0 unspecified atom stereocenters. The Morgan fingerprint density at radius 1 is 0.789 bits per heavy atom. The number of rotatable bonds is 8. The van der Waals surface area contributed by atoms with E-state index in [1.165, 1.54) is 38.5 Å². The summed E-state index contributed by atoms with van der Waals surface area (Å²) in [7, 11) is -0.623. The monoisotopic (exact) mass is 535 g/mol. The number of hydrogen-bond acceptors (Lipinski definition) is 6. The molecule has 0 fully saturated rings. The van der Waals surface area contributed by atoms with Gasteiger partial charge in [-0.15, -0.1) is 0 Å². The Morgan fingerprint density at radius 2 is 1.34 bits per heavy atom. The zero-order valence-corrected chi connectivity index (χ0v) is 22.1. The first kappa shape index (κ1) is 26.7. The Kier molecular flexibility index (Phi) is 7.68. The molecule has 0 heterocycles. The first-order valence-electron chi connectivity index (χ1n) is 11.5. The fraction of sp³-hybridized carbons (Fsp3) is 0.138. The van der Waals surface area contributed by atoms with Gasteiger partial charge in [0, 0.05) is 16.7 Å². The van der Waals surface area contributed by atoms with Crippen LogP contribution in [0.3, 0.4) is 0 Å². The van der Waals surface area contributed by atoms with Crippen molar-refractivity contribution in [2.75, 3.05) is 25.8 Å². The number of carbonyl (C=O) groups excluding carboxylic acids is 1. The highest BCUT2D eigenvalue weighted by Crippen LogP contribution is 2.41. The fourth-order valence-corrected chi connectivity index (χ4v) is 4.36.